The summed E-state index contributed by atoms with van der Waals surface area (Å²) in [5, 5.41) is 2.89. The molecule has 114 valence electrons. The smallest absolute Gasteiger partial charge is 0.223 e. The van der Waals surface area contributed by atoms with Crippen molar-refractivity contribution in [3.05, 3.63) is 30.1 Å². The number of rotatable bonds is 7. The third kappa shape index (κ3) is 7.12. The lowest BCUT2D eigenvalue weighted by molar-refractivity contribution is -0.123. The standard InChI is InChI=1S/C14H21FN2OS.ClH/c1-10(7-16)8-17-14(18)11(2)9-19-13-5-3-12(15)4-6-13;/h3-6,10-11H,7-9,16H2,1-2H3,(H,17,18);1H. The maximum absolute atomic E-state index is 12.7. The third-order valence-corrected chi connectivity index (χ3v) is 4.06. The lowest BCUT2D eigenvalue weighted by Crippen LogP contribution is -2.35. The number of benzene rings is 1. The summed E-state index contributed by atoms with van der Waals surface area (Å²) < 4.78 is 12.7. The molecular formula is C14H22ClFN2OS. The summed E-state index contributed by atoms with van der Waals surface area (Å²) in [6.45, 7) is 5.07. The molecule has 1 rings (SSSR count). The van der Waals surface area contributed by atoms with Crippen molar-refractivity contribution < 1.29 is 9.18 Å². The zero-order valence-corrected chi connectivity index (χ0v) is 13.4. The van der Waals surface area contributed by atoms with Crippen molar-refractivity contribution in [1.29, 1.82) is 0 Å². The van der Waals surface area contributed by atoms with Crippen molar-refractivity contribution >= 4 is 30.1 Å². The lowest BCUT2D eigenvalue weighted by atomic mass is 10.1. The van der Waals surface area contributed by atoms with E-state index in [9.17, 15) is 9.18 Å². The van der Waals surface area contributed by atoms with E-state index in [-0.39, 0.29) is 30.0 Å². The minimum Gasteiger partial charge on any atom is -0.356 e. The van der Waals surface area contributed by atoms with E-state index in [0.29, 0.717) is 24.8 Å². The fourth-order valence-corrected chi connectivity index (χ4v) is 2.28. The molecule has 0 aliphatic heterocycles. The van der Waals surface area contributed by atoms with Crippen molar-refractivity contribution in [2.75, 3.05) is 18.8 Å². The Morgan fingerprint density at radius 2 is 1.95 bits per heavy atom. The first kappa shape index (κ1) is 19.2. The summed E-state index contributed by atoms with van der Waals surface area (Å²) in [6.07, 6.45) is 0. The number of carbonyl (C=O) groups is 1. The van der Waals surface area contributed by atoms with Crippen LogP contribution >= 0.6 is 24.2 Å². The van der Waals surface area contributed by atoms with Crippen molar-refractivity contribution in [3.8, 4) is 0 Å². The molecule has 6 heteroatoms. The number of carbonyl (C=O) groups excluding carboxylic acids is 1. The van der Waals surface area contributed by atoms with Crippen LogP contribution in [0, 0.1) is 17.7 Å². The van der Waals surface area contributed by atoms with Gasteiger partial charge in [-0.15, -0.1) is 24.2 Å². The highest BCUT2D eigenvalue weighted by atomic mass is 35.5. The van der Waals surface area contributed by atoms with Gasteiger partial charge in [0.05, 0.1) is 0 Å². The van der Waals surface area contributed by atoms with Crippen LogP contribution < -0.4 is 11.1 Å². The van der Waals surface area contributed by atoms with Crippen LogP contribution in [0.1, 0.15) is 13.8 Å². The molecule has 0 heterocycles. The summed E-state index contributed by atoms with van der Waals surface area (Å²) in [5.74, 6) is 0.677. The SMILES string of the molecule is CC(CN)CNC(=O)C(C)CSc1ccc(F)cc1.Cl. The van der Waals surface area contributed by atoms with Gasteiger partial charge in [-0.25, -0.2) is 4.39 Å². The third-order valence-electron chi connectivity index (χ3n) is 2.79. The van der Waals surface area contributed by atoms with E-state index < -0.39 is 0 Å². The van der Waals surface area contributed by atoms with Crippen LogP contribution in [0.2, 0.25) is 0 Å². The lowest BCUT2D eigenvalue weighted by Gasteiger charge is -2.14. The van der Waals surface area contributed by atoms with Crippen molar-refractivity contribution in [2.24, 2.45) is 17.6 Å². The van der Waals surface area contributed by atoms with Gasteiger partial charge in [-0.2, -0.15) is 0 Å². The summed E-state index contributed by atoms with van der Waals surface area (Å²) in [6, 6.07) is 6.30. The van der Waals surface area contributed by atoms with Crippen LogP contribution in [0.5, 0.6) is 0 Å². The number of thioether (sulfide) groups is 1. The Kier molecular flexibility index (Phi) is 9.63. The molecule has 0 saturated heterocycles. The van der Waals surface area contributed by atoms with Gasteiger partial charge in [-0.3, -0.25) is 4.79 Å². The Hall–Kier alpha value is -0.780. The van der Waals surface area contributed by atoms with E-state index in [0.717, 1.165) is 4.90 Å². The van der Waals surface area contributed by atoms with E-state index in [1.165, 1.54) is 12.1 Å². The Bertz CT molecular complexity index is 403. The van der Waals surface area contributed by atoms with Crippen LogP contribution in [-0.2, 0) is 4.79 Å². The molecule has 0 saturated carbocycles. The molecule has 1 aromatic rings. The van der Waals surface area contributed by atoms with Crippen LogP contribution in [-0.4, -0.2) is 24.7 Å². The van der Waals surface area contributed by atoms with Crippen LogP contribution in [0.25, 0.3) is 0 Å². The zero-order chi connectivity index (χ0) is 14.3. The Labute approximate surface area is 130 Å². The molecule has 1 aromatic carbocycles. The molecule has 0 aliphatic carbocycles. The molecule has 1 amide bonds. The number of amides is 1. The minimum absolute atomic E-state index is 0. The van der Waals surface area contributed by atoms with Gasteiger partial charge in [0.1, 0.15) is 5.82 Å². The molecule has 0 spiro atoms. The number of nitrogens with one attached hydrogen (secondary N) is 1. The molecule has 0 radical (unpaired) electrons. The van der Waals surface area contributed by atoms with Crippen LogP contribution in [0.3, 0.4) is 0 Å². The number of hydrogen-bond acceptors (Lipinski definition) is 3. The fourth-order valence-electron chi connectivity index (χ4n) is 1.36. The predicted molar refractivity (Wildman–Crippen MR) is 84.8 cm³/mol. The number of nitrogens with two attached hydrogens (primary N) is 1. The minimum atomic E-state index is -0.245. The van der Waals surface area contributed by atoms with Gasteiger partial charge in [0.25, 0.3) is 0 Å². The Balaban J connectivity index is 0.00000361. The summed E-state index contributed by atoms with van der Waals surface area (Å²) in [7, 11) is 0. The average Bonchev–Trinajstić information content (AvgIpc) is 2.43. The average molecular weight is 321 g/mol. The molecule has 2 unspecified atom stereocenters. The van der Waals surface area contributed by atoms with Gasteiger partial charge in [0.15, 0.2) is 0 Å². The zero-order valence-electron chi connectivity index (χ0n) is 11.8. The molecule has 0 bridgehead atoms. The van der Waals surface area contributed by atoms with E-state index in [1.807, 2.05) is 13.8 Å². The van der Waals surface area contributed by atoms with Crippen molar-refractivity contribution in [1.82, 2.24) is 5.32 Å². The van der Waals surface area contributed by atoms with E-state index in [2.05, 4.69) is 5.32 Å². The first-order valence-corrected chi connectivity index (χ1v) is 7.37. The van der Waals surface area contributed by atoms with Crippen molar-refractivity contribution in [2.45, 2.75) is 18.7 Å². The molecule has 0 aliphatic rings. The second kappa shape index (κ2) is 10.0. The second-order valence-corrected chi connectivity index (χ2v) is 5.85. The van der Waals surface area contributed by atoms with E-state index in [1.54, 1.807) is 23.9 Å². The second-order valence-electron chi connectivity index (χ2n) is 4.75. The molecule has 3 nitrogen and oxygen atoms in total. The molecular weight excluding hydrogens is 299 g/mol. The number of halogens is 2. The highest BCUT2D eigenvalue weighted by molar-refractivity contribution is 7.99. The van der Waals surface area contributed by atoms with Crippen molar-refractivity contribution in [3.63, 3.8) is 0 Å². The summed E-state index contributed by atoms with van der Waals surface area (Å²) >= 11 is 1.55. The maximum Gasteiger partial charge on any atom is 0.223 e. The molecule has 0 aromatic heterocycles. The van der Waals surface area contributed by atoms with Gasteiger partial charge in [-0.1, -0.05) is 13.8 Å². The largest absolute Gasteiger partial charge is 0.356 e. The van der Waals surface area contributed by atoms with E-state index >= 15 is 0 Å². The first-order chi connectivity index (χ1) is 9.02. The van der Waals surface area contributed by atoms with Gasteiger partial charge in [-0.05, 0) is 36.7 Å². The van der Waals surface area contributed by atoms with E-state index in [4.69, 9.17) is 5.73 Å². The first-order valence-electron chi connectivity index (χ1n) is 6.39. The van der Waals surface area contributed by atoms with Gasteiger partial charge in [0, 0.05) is 23.1 Å². The van der Waals surface area contributed by atoms with Crippen LogP contribution in [0.15, 0.2) is 29.2 Å². The topological polar surface area (TPSA) is 55.1 Å². The quantitative estimate of drug-likeness (QED) is 0.759. The highest BCUT2D eigenvalue weighted by Crippen LogP contribution is 2.20. The monoisotopic (exact) mass is 320 g/mol. The highest BCUT2D eigenvalue weighted by Gasteiger charge is 2.13. The molecule has 0 fully saturated rings. The Morgan fingerprint density at radius 3 is 2.50 bits per heavy atom. The number of hydrogen-bond donors (Lipinski definition) is 2. The Morgan fingerprint density at radius 1 is 1.35 bits per heavy atom. The normalized spacial score (nSPS) is 13.2. The van der Waals surface area contributed by atoms with Gasteiger partial charge >= 0.3 is 0 Å². The van der Waals surface area contributed by atoms with Gasteiger partial charge < -0.3 is 11.1 Å². The van der Waals surface area contributed by atoms with Crippen LogP contribution in [0.4, 0.5) is 4.39 Å². The molecule has 20 heavy (non-hydrogen) atoms. The molecule has 2 atom stereocenters. The maximum atomic E-state index is 12.7. The predicted octanol–water partition coefficient (Wildman–Crippen LogP) is 2.69. The fraction of sp³-hybridized carbons (Fsp3) is 0.500. The summed E-state index contributed by atoms with van der Waals surface area (Å²) in [4.78, 5) is 12.8. The summed E-state index contributed by atoms with van der Waals surface area (Å²) in [5.41, 5.74) is 5.50. The molecule has 3 N–H and O–H groups in total. The van der Waals surface area contributed by atoms with Gasteiger partial charge in [0.2, 0.25) is 5.91 Å².